The average Bonchev–Trinajstić information content (AvgIpc) is 2.92. The molecule has 2 aromatic rings. The molecule has 1 fully saturated rings. The molecule has 1 aliphatic heterocycles. The summed E-state index contributed by atoms with van der Waals surface area (Å²) in [6.07, 6.45) is -0.278. The summed E-state index contributed by atoms with van der Waals surface area (Å²) >= 11 is 3.39. The number of nitrogens with zero attached hydrogens (tertiary/aromatic N) is 2. The lowest BCUT2D eigenvalue weighted by molar-refractivity contribution is -0.0941. The zero-order valence-corrected chi connectivity index (χ0v) is 11.6. The van der Waals surface area contributed by atoms with E-state index < -0.39 is 0 Å². The monoisotopic (exact) mass is 325 g/mol. The maximum absolute atomic E-state index is 5.90. The van der Waals surface area contributed by atoms with E-state index in [0.717, 1.165) is 4.47 Å². The molecule has 6 nitrogen and oxygen atoms in total. The molecule has 3 rings (SSSR count). The molecule has 19 heavy (non-hydrogen) atoms. The van der Waals surface area contributed by atoms with E-state index in [0.29, 0.717) is 42.8 Å². The van der Waals surface area contributed by atoms with Crippen LogP contribution < -0.4 is 5.73 Å². The summed E-state index contributed by atoms with van der Waals surface area (Å²) in [5.41, 5.74) is 7.19. The summed E-state index contributed by atoms with van der Waals surface area (Å²) < 4.78 is 17.0. The second-order valence-electron chi connectivity index (χ2n) is 4.12. The summed E-state index contributed by atoms with van der Waals surface area (Å²) in [6.45, 7) is 1.57. The van der Waals surface area contributed by atoms with Gasteiger partial charge in [-0.05, 0) is 18.2 Å². The number of ether oxygens (including phenoxy) is 2. The topological polar surface area (TPSA) is 83.4 Å². The SMILES string of the molecule is Nc1ccc(Br)cc1-c1nc(C2COCCO2)no1. The Hall–Kier alpha value is -1.44. The van der Waals surface area contributed by atoms with Gasteiger partial charge in [-0.15, -0.1) is 0 Å². The molecule has 0 amide bonds. The van der Waals surface area contributed by atoms with Crippen molar-refractivity contribution < 1.29 is 14.0 Å². The highest BCUT2D eigenvalue weighted by molar-refractivity contribution is 9.10. The Morgan fingerprint density at radius 1 is 1.32 bits per heavy atom. The second kappa shape index (κ2) is 5.28. The van der Waals surface area contributed by atoms with E-state index >= 15 is 0 Å². The van der Waals surface area contributed by atoms with Crippen LogP contribution in [0.1, 0.15) is 11.9 Å². The van der Waals surface area contributed by atoms with Crippen molar-refractivity contribution in [3.8, 4) is 11.5 Å². The van der Waals surface area contributed by atoms with Crippen LogP contribution in [0.3, 0.4) is 0 Å². The van der Waals surface area contributed by atoms with Gasteiger partial charge < -0.3 is 19.7 Å². The first-order valence-electron chi connectivity index (χ1n) is 5.82. The minimum absolute atomic E-state index is 0.278. The molecule has 1 aromatic heterocycles. The molecule has 2 heterocycles. The summed E-state index contributed by atoms with van der Waals surface area (Å²) in [6, 6.07) is 5.47. The van der Waals surface area contributed by atoms with Gasteiger partial charge in [-0.3, -0.25) is 0 Å². The fourth-order valence-electron chi connectivity index (χ4n) is 1.83. The highest BCUT2D eigenvalue weighted by atomic mass is 79.9. The van der Waals surface area contributed by atoms with Crippen LogP contribution in [0.2, 0.25) is 0 Å². The van der Waals surface area contributed by atoms with Crippen molar-refractivity contribution in [2.24, 2.45) is 0 Å². The molecule has 0 spiro atoms. The van der Waals surface area contributed by atoms with Crippen LogP contribution in [0.25, 0.3) is 11.5 Å². The Labute approximate surface area is 118 Å². The first-order valence-corrected chi connectivity index (χ1v) is 6.61. The summed E-state index contributed by atoms with van der Waals surface area (Å²) in [5, 5.41) is 3.93. The predicted octanol–water partition coefficient (Wildman–Crippen LogP) is 2.17. The molecule has 1 aliphatic rings. The quantitative estimate of drug-likeness (QED) is 0.852. The van der Waals surface area contributed by atoms with Crippen molar-refractivity contribution in [3.63, 3.8) is 0 Å². The number of anilines is 1. The highest BCUT2D eigenvalue weighted by Crippen LogP contribution is 2.29. The minimum atomic E-state index is -0.278. The van der Waals surface area contributed by atoms with E-state index in [1.807, 2.05) is 12.1 Å². The largest absolute Gasteiger partial charge is 0.398 e. The van der Waals surface area contributed by atoms with Crippen LogP contribution in [0.5, 0.6) is 0 Å². The molecular weight excluding hydrogens is 314 g/mol. The van der Waals surface area contributed by atoms with Crippen LogP contribution in [0.15, 0.2) is 27.2 Å². The molecule has 2 N–H and O–H groups in total. The van der Waals surface area contributed by atoms with Crippen LogP contribution in [0.4, 0.5) is 5.69 Å². The van der Waals surface area contributed by atoms with Gasteiger partial charge in [0, 0.05) is 10.2 Å². The molecule has 7 heteroatoms. The molecule has 1 atom stereocenters. The van der Waals surface area contributed by atoms with Gasteiger partial charge in [0.1, 0.15) is 6.10 Å². The van der Waals surface area contributed by atoms with Gasteiger partial charge in [-0.2, -0.15) is 4.98 Å². The van der Waals surface area contributed by atoms with Crippen molar-refractivity contribution >= 4 is 21.6 Å². The smallest absolute Gasteiger partial charge is 0.260 e. The van der Waals surface area contributed by atoms with Gasteiger partial charge in [-0.1, -0.05) is 21.1 Å². The average molecular weight is 326 g/mol. The molecule has 0 radical (unpaired) electrons. The molecule has 1 aromatic carbocycles. The Bertz CT molecular complexity index is 581. The van der Waals surface area contributed by atoms with Crippen molar-refractivity contribution in [2.75, 3.05) is 25.6 Å². The predicted molar refractivity (Wildman–Crippen MR) is 71.4 cm³/mol. The maximum Gasteiger partial charge on any atom is 0.260 e. The number of benzene rings is 1. The Morgan fingerprint density at radius 3 is 3.00 bits per heavy atom. The Kier molecular flexibility index (Phi) is 3.50. The number of nitrogens with two attached hydrogens (primary N) is 1. The van der Waals surface area contributed by atoms with Gasteiger partial charge in [-0.25, -0.2) is 0 Å². The lowest BCUT2D eigenvalue weighted by Crippen LogP contribution is -2.22. The van der Waals surface area contributed by atoms with Gasteiger partial charge in [0.25, 0.3) is 5.89 Å². The standard InChI is InChI=1S/C12H12BrN3O3/c13-7-1-2-9(14)8(5-7)12-15-11(16-19-12)10-6-17-3-4-18-10/h1-2,5,10H,3-4,6,14H2. The normalized spacial score (nSPS) is 19.5. The van der Waals surface area contributed by atoms with Crippen molar-refractivity contribution in [2.45, 2.75) is 6.10 Å². The Morgan fingerprint density at radius 2 is 2.21 bits per heavy atom. The molecule has 0 aliphatic carbocycles. The number of rotatable bonds is 2. The lowest BCUT2D eigenvalue weighted by atomic mass is 10.2. The third-order valence-electron chi connectivity index (χ3n) is 2.79. The van der Waals surface area contributed by atoms with Crippen molar-refractivity contribution in [1.29, 1.82) is 0 Å². The van der Waals surface area contributed by atoms with Crippen LogP contribution in [-0.4, -0.2) is 30.0 Å². The zero-order valence-electron chi connectivity index (χ0n) is 10.0. The second-order valence-corrected chi connectivity index (χ2v) is 5.04. The van der Waals surface area contributed by atoms with Gasteiger partial charge in [0.05, 0.1) is 25.4 Å². The molecule has 1 unspecified atom stereocenters. The number of halogens is 1. The first kappa shape index (κ1) is 12.6. The fourth-order valence-corrected chi connectivity index (χ4v) is 2.19. The molecule has 100 valence electrons. The van der Waals surface area contributed by atoms with Gasteiger partial charge in [0.2, 0.25) is 5.82 Å². The van der Waals surface area contributed by atoms with E-state index in [2.05, 4.69) is 26.1 Å². The van der Waals surface area contributed by atoms with E-state index in [1.54, 1.807) is 6.07 Å². The highest BCUT2D eigenvalue weighted by Gasteiger charge is 2.23. The lowest BCUT2D eigenvalue weighted by Gasteiger charge is -2.19. The van der Waals surface area contributed by atoms with Gasteiger partial charge in [0.15, 0.2) is 0 Å². The van der Waals surface area contributed by atoms with Gasteiger partial charge >= 0.3 is 0 Å². The van der Waals surface area contributed by atoms with E-state index in [4.69, 9.17) is 19.7 Å². The van der Waals surface area contributed by atoms with Crippen LogP contribution >= 0.6 is 15.9 Å². The third-order valence-corrected chi connectivity index (χ3v) is 3.28. The van der Waals surface area contributed by atoms with Crippen molar-refractivity contribution in [3.05, 3.63) is 28.5 Å². The van der Waals surface area contributed by atoms with Crippen LogP contribution in [0, 0.1) is 0 Å². The molecular formula is C12H12BrN3O3. The summed E-state index contributed by atoms with van der Waals surface area (Å²) in [5.74, 6) is 0.858. The van der Waals surface area contributed by atoms with Crippen LogP contribution in [-0.2, 0) is 9.47 Å². The number of hydrogen-bond acceptors (Lipinski definition) is 6. The van der Waals surface area contributed by atoms with E-state index in [9.17, 15) is 0 Å². The minimum Gasteiger partial charge on any atom is -0.398 e. The molecule has 0 saturated carbocycles. The first-order chi connectivity index (χ1) is 9.24. The van der Waals surface area contributed by atoms with E-state index in [1.165, 1.54) is 0 Å². The zero-order chi connectivity index (χ0) is 13.2. The van der Waals surface area contributed by atoms with E-state index in [-0.39, 0.29) is 6.10 Å². The fraction of sp³-hybridized carbons (Fsp3) is 0.333. The third kappa shape index (κ3) is 2.63. The number of nitrogen functional groups attached to an aromatic ring is 1. The number of aromatic nitrogens is 2. The maximum atomic E-state index is 5.90. The summed E-state index contributed by atoms with van der Waals surface area (Å²) in [4.78, 5) is 4.32. The number of hydrogen-bond donors (Lipinski definition) is 1. The summed E-state index contributed by atoms with van der Waals surface area (Å²) in [7, 11) is 0. The molecule has 1 saturated heterocycles. The molecule has 0 bridgehead atoms. The van der Waals surface area contributed by atoms with Crippen molar-refractivity contribution in [1.82, 2.24) is 10.1 Å². The Balaban J connectivity index is 1.89.